The van der Waals surface area contributed by atoms with E-state index in [1.54, 1.807) is 0 Å². The summed E-state index contributed by atoms with van der Waals surface area (Å²) in [6.07, 6.45) is 13.8. The molecule has 1 fully saturated rings. The van der Waals surface area contributed by atoms with Crippen molar-refractivity contribution >= 4 is 6.09 Å². The van der Waals surface area contributed by atoms with E-state index in [9.17, 15) is 4.79 Å². The van der Waals surface area contributed by atoms with E-state index in [1.165, 1.54) is 57.8 Å². The first-order chi connectivity index (χ1) is 9.47. The molecular formula is C17H33NO2. The Balaban J connectivity index is 2.36. The van der Waals surface area contributed by atoms with Crippen molar-refractivity contribution in [3.05, 3.63) is 0 Å². The smallest absolute Gasteiger partial charge is 0.407 e. The number of alkyl carbamates (subject to hydrolysis) is 1. The van der Waals surface area contributed by atoms with Crippen molar-refractivity contribution in [3.8, 4) is 0 Å². The number of carbonyl (C=O) groups is 1. The molecule has 1 amide bonds. The molecule has 0 aromatic heterocycles. The van der Waals surface area contributed by atoms with Gasteiger partial charge in [0.25, 0.3) is 0 Å². The maximum atomic E-state index is 11.9. The topological polar surface area (TPSA) is 38.3 Å². The third kappa shape index (κ3) is 9.22. The van der Waals surface area contributed by atoms with Gasteiger partial charge in [-0.1, -0.05) is 57.8 Å². The van der Waals surface area contributed by atoms with E-state index in [1.807, 2.05) is 20.8 Å². The van der Waals surface area contributed by atoms with Crippen LogP contribution in [-0.2, 0) is 4.74 Å². The van der Waals surface area contributed by atoms with Crippen LogP contribution in [0.15, 0.2) is 0 Å². The van der Waals surface area contributed by atoms with Crippen LogP contribution in [0.4, 0.5) is 4.79 Å². The van der Waals surface area contributed by atoms with Gasteiger partial charge in [0.1, 0.15) is 5.60 Å². The average molecular weight is 283 g/mol. The van der Waals surface area contributed by atoms with Crippen molar-refractivity contribution in [2.24, 2.45) is 0 Å². The second-order valence-corrected chi connectivity index (χ2v) is 7.10. The summed E-state index contributed by atoms with van der Waals surface area (Å²) in [6, 6.07) is 0.296. The Morgan fingerprint density at radius 3 is 1.65 bits per heavy atom. The molecule has 0 aromatic carbocycles. The normalized spacial score (nSPS) is 20.6. The van der Waals surface area contributed by atoms with Crippen molar-refractivity contribution in [3.63, 3.8) is 0 Å². The first-order valence-corrected chi connectivity index (χ1v) is 8.47. The van der Waals surface area contributed by atoms with Crippen molar-refractivity contribution < 1.29 is 9.53 Å². The zero-order valence-corrected chi connectivity index (χ0v) is 13.7. The number of ether oxygens (including phenoxy) is 1. The molecular weight excluding hydrogens is 250 g/mol. The molecule has 1 aliphatic carbocycles. The van der Waals surface area contributed by atoms with Crippen LogP contribution < -0.4 is 5.32 Å². The van der Waals surface area contributed by atoms with E-state index in [-0.39, 0.29) is 6.09 Å². The van der Waals surface area contributed by atoms with Gasteiger partial charge < -0.3 is 10.1 Å². The molecule has 0 heterocycles. The van der Waals surface area contributed by atoms with Gasteiger partial charge in [-0.3, -0.25) is 0 Å². The largest absolute Gasteiger partial charge is 0.444 e. The second kappa shape index (κ2) is 9.25. The van der Waals surface area contributed by atoms with E-state index < -0.39 is 5.60 Å². The van der Waals surface area contributed by atoms with E-state index in [0.29, 0.717) is 6.04 Å². The predicted molar refractivity (Wildman–Crippen MR) is 83.9 cm³/mol. The summed E-state index contributed by atoms with van der Waals surface area (Å²) in [5.74, 6) is 0. The minimum absolute atomic E-state index is 0.255. The van der Waals surface area contributed by atoms with Crippen molar-refractivity contribution in [2.75, 3.05) is 0 Å². The first kappa shape index (κ1) is 17.3. The molecule has 0 radical (unpaired) electrons. The Kier molecular flexibility index (Phi) is 8.01. The van der Waals surface area contributed by atoms with Gasteiger partial charge >= 0.3 is 6.09 Å². The summed E-state index contributed by atoms with van der Waals surface area (Å²) in [5.41, 5.74) is -0.407. The lowest BCUT2D eigenvalue weighted by Crippen LogP contribution is -2.39. The minimum Gasteiger partial charge on any atom is -0.444 e. The third-order valence-electron chi connectivity index (χ3n) is 3.83. The van der Waals surface area contributed by atoms with Gasteiger partial charge in [-0.25, -0.2) is 4.79 Å². The van der Waals surface area contributed by atoms with Crippen LogP contribution in [0.2, 0.25) is 0 Å². The van der Waals surface area contributed by atoms with E-state index in [4.69, 9.17) is 4.74 Å². The molecule has 1 rings (SSSR count). The summed E-state index contributed by atoms with van der Waals surface area (Å²) in [7, 11) is 0. The number of hydrogen-bond acceptors (Lipinski definition) is 2. The highest BCUT2D eigenvalue weighted by Crippen LogP contribution is 2.17. The first-order valence-electron chi connectivity index (χ1n) is 8.47. The molecule has 1 aliphatic rings. The Morgan fingerprint density at radius 1 is 0.850 bits per heavy atom. The maximum Gasteiger partial charge on any atom is 0.407 e. The summed E-state index contributed by atoms with van der Waals surface area (Å²) in [5, 5.41) is 3.07. The molecule has 0 unspecified atom stereocenters. The number of carbonyl (C=O) groups excluding carboxylic acids is 1. The maximum absolute atomic E-state index is 11.9. The van der Waals surface area contributed by atoms with E-state index in [2.05, 4.69) is 5.32 Å². The fourth-order valence-electron chi connectivity index (χ4n) is 2.78. The van der Waals surface area contributed by atoms with E-state index in [0.717, 1.165) is 12.8 Å². The van der Waals surface area contributed by atoms with Crippen LogP contribution in [0.1, 0.15) is 91.4 Å². The minimum atomic E-state index is -0.407. The van der Waals surface area contributed by atoms with Crippen LogP contribution in [0.5, 0.6) is 0 Å². The lowest BCUT2D eigenvalue weighted by Gasteiger charge is -2.24. The van der Waals surface area contributed by atoms with Crippen molar-refractivity contribution in [2.45, 2.75) is 103 Å². The third-order valence-corrected chi connectivity index (χ3v) is 3.83. The molecule has 0 saturated heterocycles. The average Bonchev–Trinajstić information content (AvgIpc) is 2.30. The summed E-state index contributed by atoms with van der Waals surface area (Å²) in [6.45, 7) is 5.73. The Hall–Kier alpha value is -0.730. The molecule has 0 aromatic rings. The summed E-state index contributed by atoms with van der Waals surface area (Å²) >= 11 is 0. The van der Waals surface area contributed by atoms with Crippen LogP contribution in [0, 0.1) is 0 Å². The van der Waals surface area contributed by atoms with Crippen molar-refractivity contribution in [1.82, 2.24) is 5.32 Å². The monoisotopic (exact) mass is 283 g/mol. The van der Waals surface area contributed by atoms with Crippen LogP contribution in [-0.4, -0.2) is 17.7 Å². The molecule has 1 N–H and O–H groups in total. The van der Waals surface area contributed by atoms with Gasteiger partial charge in [-0.2, -0.15) is 0 Å². The highest BCUT2D eigenvalue weighted by Gasteiger charge is 2.19. The number of hydrogen-bond donors (Lipinski definition) is 1. The summed E-state index contributed by atoms with van der Waals surface area (Å²) < 4.78 is 5.36. The molecule has 20 heavy (non-hydrogen) atoms. The molecule has 0 atom stereocenters. The van der Waals surface area contributed by atoms with Gasteiger partial charge in [0.2, 0.25) is 0 Å². The molecule has 0 spiro atoms. The Labute approximate surface area is 124 Å². The van der Waals surface area contributed by atoms with Crippen molar-refractivity contribution in [1.29, 1.82) is 0 Å². The summed E-state index contributed by atoms with van der Waals surface area (Å²) in [4.78, 5) is 11.9. The fourth-order valence-corrected chi connectivity index (χ4v) is 2.78. The lowest BCUT2D eigenvalue weighted by atomic mass is 9.98. The molecule has 0 bridgehead atoms. The second-order valence-electron chi connectivity index (χ2n) is 7.10. The quantitative estimate of drug-likeness (QED) is 0.719. The lowest BCUT2D eigenvalue weighted by molar-refractivity contribution is 0.0497. The zero-order valence-electron chi connectivity index (χ0n) is 13.7. The number of amides is 1. The molecule has 1 saturated carbocycles. The van der Waals surface area contributed by atoms with Crippen LogP contribution in [0.25, 0.3) is 0 Å². The van der Waals surface area contributed by atoms with Gasteiger partial charge in [-0.15, -0.1) is 0 Å². The van der Waals surface area contributed by atoms with Gasteiger partial charge in [0.15, 0.2) is 0 Å². The molecule has 0 aliphatic heterocycles. The number of nitrogens with one attached hydrogen (secondary N) is 1. The SMILES string of the molecule is CC(C)(C)OC(=O)NC1CCCCCCCCCCC1. The Morgan fingerprint density at radius 2 is 1.25 bits per heavy atom. The van der Waals surface area contributed by atoms with Gasteiger partial charge in [0, 0.05) is 6.04 Å². The van der Waals surface area contributed by atoms with Crippen LogP contribution >= 0.6 is 0 Å². The highest BCUT2D eigenvalue weighted by molar-refractivity contribution is 5.68. The molecule has 3 nitrogen and oxygen atoms in total. The predicted octanol–water partition coefficient (Wildman–Crippen LogP) is 5.18. The Bertz CT molecular complexity index is 259. The standard InChI is InChI=1S/C17H33NO2/c1-17(2,3)20-16(19)18-15-13-11-9-7-5-4-6-8-10-12-14-15/h15H,4-14H2,1-3H3,(H,18,19). The zero-order chi connectivity index (χ0) is 14.8. The fraction of sp³-hybridized carbons (Fsp3) is 0.941. The molecule has 3 heteroatoms. The van der Waals surface area contributed by atoms with E-state index >= 15 is 0 Å². The van der Waals surface area contributed by atoms with Crippen LogP contribution in [0.3, 0.4) is 0 Å². The van der Waals surface area contributed by atoms with Gasteiger partial charge in [-0.05, 0) is 33.6 Å². The highest BCUT2D eigenvalue weighted by atomic mass is 16.6. The number of rotatable bonds is 1. The molecule has 118 valence electrons. The van der Waals surface area contributed by atoms with Gasteiger partial charge in [0.05, 0.1) is 0 Å².